The van der Waals surface area contributed by atoms with E-state index in [9.17, 15) is 9.59 Å². The van der Waals surface area contributed by atoms with E-state index in [-0.39, 0.29) is 11.5 Å². The first-order chi connectivity index (χ1) is 8.13. The van der Waals surface area contributed by atoms with Gasteiger partial charge in [-0.1, -0.05) is 6.07 Å². The van der Waals surface area contributed by atoms with E-state index in [1.807, 2.05) is 6.92 Å². The number of aryl methyl sites for hydroxylation is 2. The van der Waals surface area contributed by atoms with E-state index >= 15 is 0 Å². The number of nitrogens with one attached hydrogen (secondary N) is 1. The molecule has 1 heterocycles. The van der Waals surface area contributed by atoms with Gasteiger partial charge in [0.2, 0.25) is 5.91 Å². The Morgan fingerprint density at radius 2 is 2.24 bits per heavy atom. The first-order valence-corrected chi connectivity index (χ1v) is 5.77. The van der Waals surface area contributed by atoms with Crippen LogP contribution in [0.4, 0.5) is 0 Å². The van der Waals surface area contributed by atoms with Gasteiger partial charge in [-0.15, -0.1) is 0 Å². The van der Waals surface area contributed by atoms with Gasteiger partial charge in [0.25, 0.3) is 5.56 Å². The molecule has 5 nitrogen and oxygen atoms in total. The summed E-state index contributed by atoms with van der Waals surface area (Å²) >= 11 is 0. The Labute approximate surface area is 101 Å². The zero-order chi connectivity index (χ0) is 12.7. The quantitative estimate of drug-likeness (QED) is 0.731. The fourth-order valence-electron chi connectivity index (χ4n) is 1.54. The van der Waals surface area contributed by atoms with E-state index in [1.54, 1.807) is 22.9 Å². The van der Waals surface area contributed by atoms with Crippen LogP contribution in [0.3, 0.4) is 0 Å². The molecule has 17 heavy (non-hydrogen) atoms. The molecule has 0 aliphatic rings. The number of nitrogens with zero attached hydrogens (tertiary/aromatic N) is 1. The Hall–Kier alpha value is -1.62. The number of rotatable bonds is 6. The number of hydrogen-bond acceptors (Lipinski definition) is 3. The van der Waals surface area contributed by atoms with Crippen LogP contribution in [0.25, 0.3) is 0 Å². The van der Waals surface area contributed by atoms with Crippen LogP contribution in [0.5, 0.6) is 0 Å². The van der Waals surface area contributed by atoms with Gasteiger partial charge in [-0.05, 0) is 18.9 Å². The molecule has 0 fully saturated rings. The van der Waals surface area contributed by atoms with Crippen LogP contribution < -0.4 is 16.6 Å². The minimum Gasteiger partial charge on any atom is -0.355 e. The van der Waals surface area contributed by atoms with Gasteiger partial charge in [-0.2, -0.15) is 0 Å². The molecule has 0 radical (unpaired) electrons. The summed E-state index contributed by atoms with van der Waals surface area (Å²) < 4.78 is 1.63. The molecule has 0 aliphatic carbocycles. The number of carbonyl (C=O) groups is 1. The zero-order valence-corrected chi connectivity index (χ0v) is 10.1. The van der Waals surface area contributed by atoms with Crippen LogP contribution in [0.2, 0.25) is 0 Å². The van der Waals surface area contributed by atoms with Gasteiger partial charge in [0.15, 0.2) is 0 Å². The third-order valence-corrected chi connectivity index (χ3v) is 2.40. The molecule has 5 heteroatoms. The van der Waals surface area contributed by atoms with Crippen molar-refractivity contribution in [2.75, 3.05) is 13.1 Å². The van der Waals surface area contributed by atoms with Crippen LogP contribution in [-0.4, -0.2) is 23.6 Å². The highest BCUT2D eigenvalue weighted by molar-refractivity contribution is 5.75. The molecule has 1 rings (SSSR count). The predicted molar refractivity (Wildman–Crippen MR) is 66.7 cm³/mol. The number of hydrogen-bond donors (Lipinski definition) is 2. The lowest BCUT2D eigenvalue weighted by molar-refractivity contribution is -0.121. The van der Waals surface area contributed by atoms with Crippen LogP contribution in [0, 0.1) is 6.92 Å². The number of carbonyl (C=O) groups excluding carboxylic acids is 1. The zero-order valence-electron chi connectivity index (χ0n) is 10.1. The molecule has 0 bridgehead atoms. The summed E-state index contributed by atoms with van der Waals surface area (Å²) in [4.78, 5) is 22.8. The molecule has 0 spiro atoms. The fourth-order valence-corrected chi connectivity index (χ4v) is 1.54. The summed E-state index contributed by atoms with van der Waals surface area (Å²) in [5.74, 6) is -0.0175. The first-order valence-electron chi connectivity index (χ1n) is 5.77. The SMILES string of the molecule is Cc1ccc(=O)n(CCCC(=O)NCCN)c1. The van der Waals surface area contributed by atoms with E-state index in [2.05, 4.69) is 5.32 Å². The molecule has 3 N–H and O–H groups in total. The van der Waals surface area contributed by atoms with Crippen molar-refractivity contribution in [1.82, 2.24) is 9.88 Å². The highest BCUT2D eigenvalue weighted by atomic mass is 16.1. The molecule has 0 aliphatic heterocycles. The molecule has 0 saturated heterocycles. The van der Waals surface area contributed by atoms with Gasteiger partial charge in [0.1, 0.15) is 0 Å². The summed E-state index contributed by atoms with van der Waals surface area (Å²) in [7, 11) is 0. The standard InChI is InChI=1S/C12H19N3O2/c1-10-4-5-12(17)15(9-10)8-2-3-11(16)14-7-6-13/h4-5,9H,2-3,6-8,13H2,1H3,(H,14,16). The Morgan fingerprint density at radius 1 is 1.47 bits per heavy atom. The summed E-state index contributed by atoms with van der Waals surface area (Å²) in [5, 5.41) is 2.69. The maximum absolute atomic E-state index is 11.5. The van der Waals surface area contributed by atoms with Gasteiger partial charge in [0.05, 0.1) is 0 Å². The predicted octanol–water partition coefficient (Wildman–Crippen LogP) is 0.0118. The Bertz CT molecular complexity index is 426. The van der Waals surface area contributed by atoms with Gasteiger partial charge in [-0.3, -0.25) is 9.59 Å². The van der Waals surface area contributed by atoms with Crippen molar-refractivity contribution in [3.8, 4) is 0 Å². The second-order valence-electron chi connectivity index (χ2n) is 3.98. The summed E-state index contributed by atoms with van der Waals surface area (Å²) in [6.45, 7) is 3.45. The number of aromatic nitrogens is 1. The maximum atomic E-state index is 11.5. The molecule has 94 valence electrons. The lowest BCUT2D eigenvalue weighted by Crippen LogP contribution is -2.29. The molecule has 0 aromatic carbocycles. The minimum absolute atomic E-state index is 0.0175. The Morgan fingerprint density at radius 3 is 2.94 bits per heavy atom. The molecular formula is C12H19N3O2. The largest absolute Gasteiger partial charge is 0.355 e. The van der Waals surface area contributed by atoms with E-state index < -0.39 is 0 Å². The fraction of sp³-hybridized carbons (Fsp3) is 0.500. The summed E-state index contributed by atoms with van der Waals surface area (Å²) in [6, 6.07) is 3.33. The van der Waals surface area contributed by atoms with Gasteiger partial charge in [0, 0.05) is 38.3 Å². The molecule has 0 unspecified atom stereocenters. The monoisotopic (exact) mass is 237 g/mol. The van der Waals surface area contributed by atoms with Gasteiger partial charge < -0.3 is 15.6 Å². The highest BCUT2D eigenvalue weighted by Crippen LogP contribution is 1.96. The Kier molecular flexibility index (Phi) is 5.42. The summed E-state index contributed by atoms with van der Waals surface area (Å²) in [6.07, 6.45) is 2.88. The number of nitrogens with two attached hydrogens (primary N) is 1. The van der Waals surface area contributed by atoms with E-state index in [0.717, 1.165) is 5.56 Å². The van der Waals surface area contributed by atoms with E-state index in [0.29, 0.717) is 32.5 Å². The molecule has 1 aromatic heterocycles. The van der Waals surface area contributed by atoms with Crippen molar-refractivity contribution in [3.05, 3.63) is 34.2 Å². The second kappa shape index (κ2) is 6.85. The third-order valence-electron chi connectivity index (χ3n) is 2.40. The van der Waals surface area contributed by atoms with Crippen LogP contribution >= 0.6 is 0 Å². The Balaban J connectivity index is 2.38. The average molecular weight is 237 g/mol. The van der Waals surface area contributed by atoms with Crippen LogP contribution in [0.1, 0.15) is 18.4 Å². The van der Waals surface area contributed by atoms with Crippen molar-refractivity contribution in [1.29, 1.82) is 0 Å². The molecule has 0 atom stereocenters. The second-order valence-corrected chi connectivity index (χ2v) is 3.98. The molecule has 1 amide bonds. The van der Waals surface area contributed by atoms with Gasteiger partial charge >= 0.3 is 0 Å². The lowest BCUT2D eigenvalue weighted by Gasteiger charge is -2.06. The van der Waals surface area contributed by atoms with Crippen LogP contribution in [-0.2, 0) is 11.3 Å². The van der Waals surface area contributed by atoms with Crippen molar-refractivity contribution in [3.63, 3.8) is 0 Å². The van der Waals surface area contributed by atoms with Crippen molar-refractivity contribution in [2.24, 2.45) is 5.73 Å². The lowest BCUT2D eigenvalue weighted by atomic mass is 10.2. The third kappa shape index (κ3) is 4.82. The van der Waals surface area contributed by atoms with Crippen molar-refractivity contribution < 1.29 is 4.79 Å². The normalized spacial score (nSPS) is 10.2. The molecular weight excluding hydrogens is 218 g/mol. The van der Waals surface area contributed by atoms with Crippen molar-refractivity contribution >= 4 is 5.91 Å². The van der Waals surface area contributed by atoms with Crippen molar-refractivity contribution in [2.45, 2.75) is 26.3 Å². The topological polar surface area (TPSA) is 77.1 Å². The first kappa shape index (κ1) is 13.4. The molecule has 0 saturated carbocycles. The van der Waals surface area contributed by atoms with Gasteiger partial charge in [-0.25, -0.2) is 0 Å². The number of pyridine rings is 1. The summed E-state index contributed by atoms with van der Waals surface area (Å²) in [5.41, 5.74) is 6.28. The van der Waals surface area contributed by atoms with E-state index in [4.69, 9.17) is 5.73 Å². The smallest absolute Gasteiger partial charge is 0.250 e. The van der Waals surface area contributed by atoms with E-state index in [1.165, 1.54) is 0 Å². The minimum atomic E-state index is -0.0297. The number of amides is 1. The molecule has 1 aromatic rings. The maximum Gasteiger partial charge on any atom is 0.250 e. The van der Waals surface area contributed by atoms with Crippen LogP contribution in [0.15, 0.2) is 23.1 Å². The highest BCUT2D eigenvalue weighted by Gasteiger charge is 2.01. The average Bonchev–Trinajstić information content (AvgIpc) is 2.31.